The van der Waals surface area contributed by atoms with Gasteiger partial charge in [-0.1, -0.05) is 64.7 Å². The van der Waals surface area contributed by atoms with Crippen molar-refractivity contribution in [2.75, 3.05) is 0 Å². The van der Waals surface area contributed by atoms with E-state index in [2.05, 4.69) is 6.92 Å². The summed E-state index contributed by atoms with van der Waals surface area (Å²) in [4.78, 5) is 0. The molecule has 0 radical (unpaired) electrons. The summed E-state index contributed by atoms with van der Waals surface area (Å²) in [5.74, 6) is 3.32. The van der Waals surface area contributed by atoms with Crippen molar-refractivity contribution in [2.24, 2.45) is 17.8 Å². The lowest BCUT2D eigenvalue weighted by molar-refractivity contribution is 0.459. The maximum absolute atomic E-state index is 2.41. The monoisotopic (exact) mass is 194 g/mol. The fourth-order valence-corrected chi connectivity index (χ4v) is 3.12. The second-order valence-corrected chi connectivity index (χ2v) is 5.76. The van der Waals surface area contributed by atoms with E-state index in [9.17, 15) is 0 Å². The zero-order valence-electron chi connectivity index (χ0n) is 9.80. The molecule has 2 unspecified atom stereocenters. The smallest absolute Gasteiger partial charge is 0.0386 e. The lowest BCUT2D eigenvalue weighted by atomic mass is 9.99. The molecule has 2 rings (SSSR count). The molecule has 0 N–H and O–H groups in total. The van der Waals surface area contributed by atoms with Crippen molar-refractivity contribution in [3.8, 4) is 0 Å². The van der Waals surface area contributed by atoms with E-state index >= 15 is 0 Å². The molecule has 0 spiro atoms. The Morgan fingerprint density at radius 1 is 0.929 bits per heavy atom. The average molecular weight is 194 g/mol. The largest absolute Gasteiger partial charge is 0.0622 e. The van der Waals surface area contributed by atoms with Gasteiger partial charge in [-0.25, -0.2) is 0 Å². The maximum Gasteiger partial charge on any atom is -0.0386 e. The SMILES string of the molecule is CC1CC1CCCCCC1CCCC1. The van der Waals surface area contributed by atoms with Gasteiger partial charge in [-0.2, -0.15) is 0 Å². The Balaban J connectivity index is 1.39. The lowest BCUT2D eigenvalue weighted by Crippen LogP contribution is -1.92. The second-order valence-electron chi connectivity index (χ2n) is 5.76. The Labute approximate surface area is 89.5 Å². The predicted octanol–water partition coefficient (Wildman–Crippen LogP) is 4.78. The first kappa shape index (κ1) is 10.5. The molecule has 2 atom stereocenters. The summed E-state index contributed by atoms with van der Waals surface area (Å²) in [6.07, 6.45) is 15.3. The Morgan fingerprint density at radius 3 is 2.21 bits per heavy atom. The highest BCUT2D eigenvalue weighted by Gasteiger charge is 2.31. The van der Waals surface area contributed by atoms with Crippen LogP contribution in [0.2, 0.25) is 0 Å². The molecule has 0 bridgehead atoms. The van der Waals surface area contributed by atoms with Gasteiger partial charge in [0.25, 0.3) is 0 Å². The van der Waals surface area contributed by atoms with Crippen molar-refractivity contribution in [1.82, 2.24) is 0 Å². The van der Waals surface area contributed by atoms with Gasteiger partial charge in [-0.15, -0.1) is 0 Å². The van der Waals surface area contributed by atoms with Gasteiger partial charge in [-0.05, 0) is 24.2 Å². The van der Waals surface area contributed by atoms with Gasteiger partial charge in [0.15, 0.2) is 0 Å². The van der Waals surface area contributed by atoms with Crippen LogP contribution in [0, 0.1) is 17.8 Å². The molecule has 0 heterocycles. The molecule has 2 saturated carbocycles. The van der Waals surface area contributed by atoms with Crippen molar-refractivity contribution in [2.45, 2.75) is 71.1 Å². The Kier molecular flexibility index (Phi) is 3.89. The van der Waals surface area contributed by atoms with Crippen molar-refractivity contribution in [3.63, 3.8) is 0 Å². The first-order chi connectivity index (χ1) is 6.86. The van der Waals surface area contributed by atoms with Crippen LogP contribution in [0.15, 0.2) is 0 Å². The van der Waals surface area contributed by atoms with Crippen LogP contribution in [0.1, 0.15) is 71.1 Å². The van der Waals surface area contributed by atoms with E-state index in [0.717, 1.165) is 17.8 Å². The van der Waals surface area contributed by atoms with Gasteiger partial charge in [0.05, 0.1) is 0 Å². The molecule has 0 aromatic rings. The van der Waals surface area contributed by atoms with Crippen molar-refractivity contribution >= 4 is 0 Å². The summed E-state index contributed by atoms with van der Waals surface area (Å²) in [5.41, 5.74) is 0. The number of unbranched alkanes of at least 4 members (excludes halogenated alkanes) is 2. The van der Waals surface area contributed by atoms with Crippen molar-refractivity contribution in [1.29, 1.82) is 0 Å². The molecule has 0 heteroatoms. The minimum atomic E-state index is 1.07. The van der Waals surface area contributed by atoms with Crippen LogP contribution >= 0.6 is 0 Å². The van der Waals surface area contributed by atoms with Crippen LogP contribution in [0.5, 0.6) is 0 Å². The molecule has 0 nitrogen and oxygen atoms in total. The van der Waals surface area contributed by atoms with Crippen molar-refractivity contribution < 1.29 is 0 Å². The van der Waals surface area contributed by atoms with Crippen LogP contribution < -0.4 is 0 Å². The fraction of sp³-hybridized carbons (Fsp3) is 1.00. The van der Waals surface area contributed by atoms with E-state index in [-0.39, 0.29) is 0 Å². The van der Waals surface area contributed by atoms with Crippen LogP contribution in [0.3, 0.4) is 0 Å². The van der Waals surface area contributed by atoms with Gasteiger partial charge < -0.3 is 0 Å². The zero-order valence-corrected chi connectivity index (χ0v) is 9.80. The van der Waals surface area contributed by atoms with Gasteiger partial charge in [0.1, 0.15) is 0 Å². The van der Waals surface area contributed by atoms with E-state index < -0.39 is 0 Å². The average Bonchev–Trinajstić information content (AvgIpc) is 2.69. The van der Waals surface area contributed by atoms with Gasteiger partial charge in [0.2, 0.25) is 0 Å². The lowest BCUT2D eigenvalue weighted by Gasteiger charge is -2.07. The third kappa shape index (κ3) is 3.29. The standard InChI is InChI=1S/C14H26/c1-12-11-14(12)10-4-2-3-7-13-8-5-6-9-13/h12-14H,2-11H2,1H3. The fourth-order valence-electron chi connectivity index (χ4n) is 3.12. The van der Waals surface area contributed by atoms with E-state index in [4.69, 9.17) is 0 Å². The van der Waals surface area contributed by atoms with E-state index in [0.29, 0.717) is 0 Å². The first-order valence-electron chi connectivity index (χ1n) is 6.86. The zero-order chi connectivity index (χ0) is 9.80. The highest BCUT2D eigenvalue weighted by atomic mass is 14.4. The van der Waals surface area contributed by atoms with Crippen LogP contribution in [0.25, 0.3) is 0 Å². The quantitative estimate of drug-likeness (QED) is 0.534. The summed E-state index contributed by atoms with van der Waals surface area (Å²) < 4.78 is 0. The Hall–Kier alpha value is 0. The number of rotatable bonds is 6. The molecular weight excluding hydrogens is 168 g/mol. The summed E-state index contributed by atoms with van der Waals surface area (Å²) in [5, 5.41) is 0. The molecular formula is C14H26. The van der Waals surface area contributed by atoms with Crippen molar-refractivity contribution in [3.05, 3.63) is 0 Å². The molecule has 2 aliphatic carbocycles. The first-order valence-corrected chi connectivity index (χ1v) is 6.86. The summed E-state index contributed by atoms with van der Waals surface area (Å²) >= 11 is 0. The molecule has 0 saturated heterocycles. The third-order valence-electron chi connectivity index (χ3n) is 4.44. The summed E-state index contributed by atoms with van der Waals surface area (Å²) in [6.45, 7) is 2.41. The highest BCUT2D eigenvalue weighted by molar-refractivity contribution is 4.81. The molecule has 0 amide bonds. The van der Waals surface area contributed by atoms with E-state index in [1.807, 2.05) is 0 Å². The normalized spacial score (nSPS) is 32.4. The van der Waals surface area contributed by atoms with Crippen LogP contribution in [-0.2, 0) is 0 Å². The molecule has 82 valence electrons. The van der Waals surface area contributed by atoms with Crippen LogP contribution in [-0.4, -0.2) is 0 Å². The Bertz CT molecular complexity index is 155. The van der Waals surface area contributed by atoms with Crippen LogP contribution in [0.4, 0.5) is 0 Å². The van der Waals surface area contributed by atoms with E-state index in [1.165, 1.54) is 44.9 Å². The number of hydrogen-bond donors (Lipinski definition) is 0. The molecule has 2 aliphatic rings. The Morgan fingerprint density at radius 2 is 1.57 bits per heavy atom. The maximum atomic E-state index is 2.41. The topological polar surface area (TPSA) is 0 Å². The molecule has 0 aromatic heterocycles. The van der Waals surface area contributed by atoms with Gasteiger partial charge in [0, 0.05) is 0 Å². The highest BCUT2D eigenvalue weighted by Crippen LogP contribution is 2.41. The minimum Gasteiger partial charge on any atom is -0.0622 e. The molecule has 0 aliphatic heterocycles. The third-order valence-corrected chi connectivity index (χ3v) is 4.44. The van der Waals surface area contributed by atoms with E-state index in [1.54, 1.807) is 19.3 Å². The molecule has 0 aromatic carbocycles. The van der Waals surface area contributed by atoms with Gasteiger partial charge >= 0.3 is 0 Å². The second kappa shape index (κ2) is 5.19. The number of hydrogen-bond acceptors (Lipinski definition) is 0. The minimum absolute atomic E-state index is 1.07. The van der Waals surface area contributed by atoms with Gasteiger partial charge in [-0.3, -0.25) is 0 Å². The molecule has 14 heavy (non-hydrogen) atoms. The predicted molar refractivity (Wildman–Crippen MR) is 62.3 cm³/mol. The summed E-state index contributed by atoms with van der Waals surface area (Å²) in [6, 6.07) is 0. The molecule has 2 fully saturated rings. The summed E-state index contributed by atoms with van der Waals surface area (Å²) in [7, 11) is 0.